The minimum absolute atomic E-state index is 0.0465. The van der Waals surface area contributed by atoms with Crippen molar-refractivity contribution in [3.63, 3.8) is 0 Å². The molecule has 2 N–H and O–H groups in total. The van der Waals surface area contributed by atoms with E-state index in [1.54, 1.807) is 6.07 Å². The average Bonchev–Trinajstić information content (AvgIpc) is 2.16. The number of carbonyl (C=O) groups is 1. The van der Waals surface area contributed by atoms with Crippen LogP contribution in [0.15, 0.2) is 18.2 Å². The molecular weight excluding hydrogens is 209 g/mol. The summed E-state index contributed by atoms with van der Waals surface area (Å²) in [5, 5.41) is 11.6. The first-order valence-electron chi connectivity index (χ1n) is 5.06. The highest BCUT2D eigenvalue weighted by Gasteiger charge is 2.20. The van der Waals surface area contributed by atoms with Crippen LogP contribution in [0.25, 0.3) is 0 Å². The van der Waals surface area contributed by atoms with Gasteiger partial charge in [0.05, 0.1) is 6.42 Å². The fourth-order valence-corrected chi connectivity index (χ4v) is 1.41. The van der Waals surface area contributed by atoms with Crippen molar-refractivity contribution < 1.29 is 14.3 Å². The summed E-state index contributed by atoms with van der Waals surface area (Å²) < 4.78 is 13.0. The fraction of sp³-hybridized carbons (Fsp3) is 0.417. The van der Waals surface area contributed by atoms with Gasteiger partial charge in [0.1, 0.15) is 5.82 Å². The van der Waals surface area contributed by atoms with E-state index < -0.39 is 17.3 Å². The normalized spacial score (nSPS) is 11.4. The second-order valence-electron chi connectivity index (χ2n) is 4.12. The van der Waals surface area contributed by atoms with Crippen molar-refractivity contribution in [3.05, 3.63) is 35.6 Å². The van der Waals surface area contributed by atoms with Gasteiger partial charge in [-0.25, -0.2) is 4.39 Å². The fourth-order valence-electron chi connectivity index (χ4n) is 1.41. The highest BCUT2D eigenvalue weighted by Crippen LogP contribution is 2.20. The van der Waals surface area contributed by atoms with Gasteiger partial charge in [0.25, 0.3) is 0 Å². The lowest BCUT2D eigenvalue weighted by molar-refractivity contribution is -0.136. The molecule has 0 aliphatic rings. The lowest BCUT2D eigenvalue weighted by Gasteiger charge is -2.26. The van der Waals surface area contributed by atoms with E-state index in [-0.39, 0.29) is 6.42 Å². The molecule has 1 aromatic carbocycles. The van der Waals surface area contributed by atoms with Gasteiger partial charge in [0.15, 0.2) is 0 Å². The first-order chi connectivity index (χ1) is 7.42. The largest absolute Gasteiger partial charge is 0.481 e. The molecular formula is C12H15FNO2. The summed E-state index contributed by atoms with van der Waals surface area (Å²) in [4.78, 5) is 10.4. The van der Waals surface area contributed by atoms with Crippen molar-refractivity contribution in [3.8, 4) is 0 Å². The molecule has 0 atom stereocenters. The summed E-state index contributed by atoms with van der Waals surface area (Å²) in [7, 11) is 0. The summed E-state index contributed by atoms with van der Waals surface area (Å²) in [6.45, 7) is 4.11. The minimum Gasteiger partial charge on any atom is -0.481 e. The van der Waals surface area contributed by atoms with E-state index in [0.29, 0.717) is 6.54 Å². The van der Waals surface area contributed by atoms with Gasteiger partial charge in [-0.3, -0.25) is 4.79 Å². The third kappa shape index (κ3) is 3.62. The first kappa shape index (κ1) is 12.6. The molecule has 4 heteroatoms. The number of nitrogens with one attached hydrogen (secondary N) is 1. The number of rotatable bonds is 5. The number of aliphatic carboxylic acids is 1. The molecule has 0 spiro atoms. The van der Waals surface area contributed by atoms with Gasteiger partial charge in [-0.2, -0.15) is 0 Å². The van der Waals surface area contributed by atoms with E-state index in [1.165, 1.54) is 12.1 Å². The van der Waals surface area contributed by atoms with Gasteiger partial charge in [0.2, 0.25) is 0 Å². The Morgan fingerprint density at radius 2 is 2.31 bits per heavy atom. The minimum atomic E-state index is -0.851. The van der Waals surface area contributed by atoms with Gasteiger partial charge in [-0.15, -0.1) is 0 Å². The molecule has 3 nitrogen and oxygen atoms in total. The van der Waals surface area contributed by atoms with Crippen LogP contribution in [0.3, 0.4) is 0 Å². The van der Waals surface area contributed by atoms with E-state index >= 15 is 0 Å². The molecule has 87 valence electrons. The third-order valence-corrected chi connectivity index (χ3v) is 2.39. The molecule has 0 bridgehead atoms. The smallest absolute Gasteiger partial charge is 0.304 e. The molecule has 0 heterocycles. The second-order valence-corrected chi connectivity index (χ2v) is 4.12. The summed E-state index contributed by atoms with van der Waals surface area (Å²) in [5.74, 6) is -1.26. The van der Waals surface area contributed by atoms with Crippen molar-refractivity contribution in [2.45, 2.75) is 25.8 Å². The van der Waals surface area contributed by atoms with Crippen molar-refractivity contribution in [1.82, 2.24) is 5.32 Å². The molecule has 1 aromatic rings. The van der Waals surface area contributed by atoms with Crippen molar-refractivity contribution in [2.24, 2.45) is 0 Å². The zero-order chi connectivity index (χ0) is 12.2. The van der Waals surface area contributed by atoms with Gasteiger partial charge in [-0.1, -0.05) is 12.1 Å². The molecule has 0 aliphatic carbocycles. The van der Waals surface area contributed by atoms with Crippen molar-refractivity contribution in [1.29, 1.82) is 0 Å². The number of carboxylic acids is 1. The molecule has 0 saturated heterocycles. The van der Waals surface area contributed by atoms with Gasteiger partial charge < -0.3 is 10.4 Å². The molecule has 16 heavy (non-hydrogen) atoms. The Balaban J connectivity index is 2.66. The maximum absolute atomic E-state index is 13.0. The average molecular weight is 224 g/mol. The van der Waals surface area contributed by atoms with E-state index in [9.17, 15) is 9.18 Å². The zero-order valence-corrected chi connectivity index (χ0v) is 9.38. The van der Waals surface area contributed by atoms with Crippen LogP contribution in [0.5, 0.6) is 0 Å². The third-order valence-electron chi connectivity index (χ3n) is 2.39. The number of benzene rings is 1. The quantitative estimate of drug-likeness (QED) is 0.803. The molecule has 0 fully saturated rings. The lowest BCUT2D eigenvalue weighted by Crippen LogP contribution is -2.37. The van der Waals surface area contributed by atoms with Crippen molar-refractivity contribution >= 4 is 5.97 Å². The Kier molecular flexibility index (Phi) is 4.01. The topological polar surface area (TPSA) is 49.3 Å². The van der Waals surface area contributed by atoms with E-state index in [2.05, 4.69) is 11.4 Å². The lowest BCUT2D eigenvalue weighted by atomic mass is 9.94. The standard InChI is InChI=1S/C12H15FNO2/c1-12(2,14-7-6-11(15)16)9-4-3-5-10(13)8-9/h3-4,8,14H,6-7H2,1-2H3,(H,15,16). The Labute approximate surface area is 94.3 Å². The summed E-state index contributed by atoms with van der Waals surface area (Å²) >= 11 is 0. The van der Waals surface area contributed by atoms with Crippen LogP contribution >= 0.6 is 0 Å². The van der Waals surface area contributed by atoms with Crippen LogP contribution in [0.4, 0.5) is 4.39 Å². The van der Waals surface area contributed by atoms with Gasteiger partial charge >= 0.3 is 5.97 Å². The Hall–Kier alpha value is -1.42. The summed E-state index contributed by atoms with van der Waals surface area (Å²) in [5.41, 5.74) is 0.319. The summed E-state index contributed by atoms with van der Waals surface area (Å²) in [6.07, 6.45) is 0.0465. The van der Waals surface area contributed by atoms with Crippen LogP contribution in [0, 0.1) is 11.9 Å². The molecule has 1 rings (SSSR count). The van der Waals surface area contributed by atoms with Crippen molar-refractivity contribution in [2.75, 3.05) is 6.54 Å². The molecule has 0 aliphatic heterocycles. The molecule has 0 unspecified atom stereocenters. The monoisotopic (exact) mass is 224 g/mol. The number of carboxylic acid groups (broad SMARTS) is 1. The SMILES string of the molecule is CC(C)(NCCC(=O)O)c1cc[c]c(F)c1. The Morgan fingerprint density at radius 3 is 2.88 bits per heavy atom. The maximum Gasteiger partial charge on any atom is 0.304 e. The second kappa shape index (κ2) is 5.07. The van der Waals surface area contributed by atoms with Crippen LogP contribution in [0.1, 0.15) is 25.8 Å². The number of hydrogen-bond acceptors (Lipinski definition) is 2. The van der Waals surface area contributed by atoms with Crippen LogP contribution in [0.2, 0.25) is 0 Å². The Bertz CT molecular complexity index is 377. The number of hydrogen-bond donors (Lipinski definition) is 2. The zero-order valence-electron chi connectivity index (χ0n) is 9.38. The van der Waals surface area contributed by atoms with Gasteiger partial charge in [-0.05, 0) is 25.5 Å². The predicted octanol–water partition coefficient (Wildman–Crippen LogP) is 1.93. The first-order valence-corrected chi connectivity index (χ1v) is 5.06. The van der Waals surface area contributed by atoms with E-state index in [1.807, 2.05) is 13.8 Å². The molecule has 1 radical (unpaired) electrons. The summed E-state index contributed by atoms with van der Waals surface area (Å²) in [6, 6.07) is 7.11. The van der Waals surface area contributed by atoms with Crippen LogP contribution < -0.4 is 5.32 Å². The van der Waals surface area contributed by atoms with Crippen LogP contribution in [-0.2, 0) is 10.3 Å². The highest BCUT2D eigenvalue weighted by atomic mass is 19.1. The molecule has 0 aromatic heterocycles. The highest BCUT2D eigenvalue weighted by molar-refractivity contribution is 5.66. The maximum atomic E-state index is 13.0. The predicted molar refractivity (Wildman–Crippen MR) is 58.5 cm³/mol. The Morgan fingerprint density at radius 1 is 1.62 bits per heavy atom. The number of halogens is 1. The molecule has 0 amide bonds. The van der Waals surface area contributed by atoms with E-state index in [4.69, 9.17) is 5.11 Å². The molecule has 0 saturated carbocycles. The van der Waals surface area contributed by atoms with E-state index in [0.717, 1.165) is 5.56 Å². The van der Waals surface area contributed by atoms with Gasteiger partial charge in [0, 0.05) is 18.2 Å². The van der Waals surface area contributed by atoms with Crippen LogP contribution in [-0.4, -0.2) is 17.6 Å².